The number of benzene rings is 2. The van der Waals surface area contributed by atoms with E-state index in [0.717, 1.165) is 47.5 Å². The third kappa shape index (κ3) is 3.74. The van der Waals surface area contributed by atoms with E-state index in [1.807, 2.05) is 28.5 Å². The Morgan fingerprint density at radius 3 is 2.80 bits per heavy atom. The molecule has 4 rings (SSSR count). The molecule has 2 N–H and O–H groups in total. The molecular weight excluding hydrogens is 397 g/mol. The molecule has 0 aliphatic carbocycles. The summed E-state index contributed by atoms with van der Waals surface area (Å²) in [5, 5.41) is 4.42. The van der Waals surface area contributed by atoms with Gasteiger partial charge in [-0.05, 0) is 36.3 Å². The maximum absolute atomic E-state index is 14.2. The summed E-state index contributed by atoms with van der Waals surface area (Å²) in [7, 11) is 0. The van der Waals surface area contributed by atoms with Gasteiger partial charge in [-0.2, -0.15) is 0 Å². The summed E-state index contributed by atoms with van der Waals surface area (Å²) < 4.78 is 14.2. The Morgan fingerprint density at radius 1 is 1.30 bits per heavy atom. The van der Waals surface area contributed by atoms with Crippen molar-refractivity contribution in [3.05, 3.63) is 52.6 Å². The Morgan fingerprint density at radius 2 is 2.07 bits per heavy atom. The van der Waals surface area contributed by atoms with Gasteiger partial charge >= 0.3 is 0 Å². The third-order valence-electron chi connectivity index (χ3n) is 6.39. The number of carbonyl (C=O) groups is 1. The number of nitrogens with two attached hydrogens (primary N) is 1. The van der Waals surface area contributed by atoms with Crippen LogP contribution < -0.4 is 5.73 Å². The van der Waals surface area contributed by atoms with E-state index in [-0.39, 0.29) is 29.6 Å². The van der Waals surface area contributed by atoms with Crippen molar-refractivity contribution in [3.63, 3.8) is 0 Å². The van der Waals surface area contributed by atoms with Crippen LogP contribution in [0.25, 0.3) is 22.0 Å². The van der Waals surface area contributed by atoms with E-state index in [1.54, 1.807) is 23.5 Å². The lowest BCUT2D eigenvalue weighted by Gasteiger charge is -2.30. The van der Waals surface area contributed by atoms with Crippen molar-refractivity contribution in [2.24, 2.45) is 17.6 Å². The highest BCUT2D eigenvalue weighted by molar-refractivity contribution is 7.10. The van der Waals surface area contributed by atoms with Crippen molar-refractivity contribution >= 4 is 28.0 Å². The summed E-state index contributed by atoms with van der Waals surface area (Å²) in [6.07, 6.45) is 2.83. The van der Waals surface area contributed by atoms with Gasteiger partial charge in [0.05, 0.1) is 17.7 Å². The van der Waals surface area contributed by atoms with Gasteiger partial charge in [-0.25, -0.2) is 9.37 Å². The molecule has 4 nitrogen and oxygen atoms in total. The molecule has 1 aromatic heterocycles. The maximum atomic E-state index is 14.2. The SMILES string of the molecule is CCC(C)C(CN)C(=O)N1CCCC1c1nc(-c2ccc(F)c3ccccc23)cs1. The highest BCUT2D eigenvalue weighted by atomic mass is 32.1. The van der Waals surface area contributed by atoms with Crippen LogP contribution in [0.3, 0.4) is 0 Å². The smallest absolute Gasteiger partial charge is 0.227 e. The number of hydrogen-bond donors (Lipinski definition) is 1. The zero-order chi connectivity index (χ0) is 21.3. The molecule has 0 bridgehead atoms. The highest BCUT2D eigenvalue weighted by Crippen LogP contribution is 2.38. The summed E-state index contributed by atoms with van der Waals surface area (Å²) >= 11 is 1.58. The van der Waals surface area contributed by atoms with E-state index in [4.69, 9.17) is 10.7 Å². The topological polar surface area (TPSA) is 59.2 Å². The Bertz CT molecular complexity index is 1050. The molecule has 6 heteroatoms. The summed E-state index contributed by atoms with van der Waals surface area (Å²) in [4.78, 5) is 20.1. The minimum atomic E-state index is -0.227. The van der Waals surface area contributed by atoms with Crippen molar-refractivity contribution in [1.82, 2.24) is 9.88 Å². The molecule has 3 unspecified atom stereocenters. The van der Waals surface area contributed by atoms with Crippen LogP contribution >= 0.6 is 11.3 Å². The van der Waals surface area contributed by atoms with Crippen molar-refractivity contribution in [2.45, 2.75) is 39.2 Å². The molecule has 0 saturated carbocycles. The first-order valence-corrected chi connectivity index (χ1v) is 11.6. The van der Waals surface area contributed by atoms with Crippen LogP contribution in [-0.2, 0) is 4.79 Å². The number of halogens is 1. The number of likely N-dealkylation sites (tertiary alicyclic amines) is 1. The predicted octanol–water partition coefficient (Wildman–Crippen LogP) is 5.39. The second-order valence-corrected chi connectivity index (χ2v) is 9.02. The number of thiazole rings is 1. The lowest BCUT2D eigenvalue weighted by atomic mass is 9.90. The largest absolute Gasteiger partial charge is 0.333 e. The molecule has 0 radical (unpaired) electrons. The first-order chi connectivity index (χ1) is 14.5. The minimum absolute atomic E-state index is 0.000989. The van der Waals surface area contributed by atoms with Crippen LogP contribution in [-0.4, -0.2) is 28.9 Å². The lowest BCUT2D eigenvalue weighted by Crippen LogP contribution is -2.41. The summed E-state index contributed by atoms with van der Waals surface area (Å²) in [6.45, 7) is 5.33. The number of nitrogens with zero attached hydrogens (tertiary/aromatic N) is 2. The quantitative estimate of drug-likeness (QED) is 0.576. The minimum Gasteiger partial charge on any atom is -0.333 e. The van der Waals surface area contributed by atoms with Crippen molar-refractivity contribution in [1.29, 1.82) is 0 Å². The van der Waals surface area contributed by atoms with E-state index in [2.05, 4.69) is 13.8 Å². The number of carbonyl (C=O) groups excluding carboxylic acids is 1. The zero-order valence-electron chi connectivity index (χ0n) is 17.5. The fourth-order valence-corrected chi connectivity index (χ4v) is 5.38. The molecule has 2 heterocycles. The average Bonchev–Trinajstić information content (AvgIpc) is 3.44. The maximum Gasteiger partial charge on any atom is 0.227 e. The molecule has 2 aromatic carbocycles. The summed E-state index contributed by atoms with van der Waals surface area (Å²) in [5.41, 5.74) is 7.71. The van der Waals surface area contributed by atoms with Crippen LogP contribution in [0.2, 0.25) is 0 Å². The molecule has 1 amide bonds. The zero-order valence-corrected chi connectivity index (χ0v) is 18.3. The van der Waals surface area contributed by atoms with E-state index in [1.165, 1.54) is 6.07 Å². The van der Waals surface area contributed by atoms with Crippen molar-refractivity contribution in [3.8, 4) is 11.3 Å². The van der Waals surface area contributed by atoms with Crippen molar-refractivity contribution < 1.29 is 9.18 Å². The van der Waals surface area contributed by atoms with Gasteiger partial charge in [0, 0.05) is 29.4 Å². The van der Waals surface area contributed by atoms with Gasteiger partial charge in [-0.15, -0.1) is 11.3 Å². The van der Waals surface area contributed by atoms with Gasteiger partial charge in [0.15, 0.2) is 0 Å². The number of hydrogen-bond acceptors (Lipinski definition) is 4. The Balaban J connectivity index is 1.64. The van der Waals surface area contributed by atoms with Crippen molar-refractivity contribution in [2.75, 3.05) is 13.1 Å². The average molecular weight is 426 g/mol. The monoisotopic (exact) mass is 425 g/mol. The Hall–Kier alpha value is -2.31. The van der Waals surface area contributed by atoms with Crippen LogP contribution in [0.4, 0.5) is 4.39 Å². The standard InChI is InChI=1S/C24H28FN3OS/c1-3-15(2)19(13-26)24(29)28-12-6-9-22(28)23-27-21(14-30-23)18-10-11-20(25)17-8-5-4-7-16(17)18/h4-5,7-8,10-11,14-15,19,22H,3,6,9,12-13,26H2,1-2H3. The molecule has 3 atom stereocenters. The number of aromatic nitrogens is 1. The summed E-state index contributed by atoms with van der Waals surface area (Å²) in [5.74, 6) is 0.0471. The van der Waals surface area contributed by atoms with E-state index < -0.39 is 0 Å². The van der Waals surface area contributed by atoms with Gasteiger partial charge < -0.3 is 10.6 Å². The third-order valence-corrected chi connectivity index (χ3v) is 7.34. The first kappa shape index (κ1) is 20.9. The second-order valence-electron chi connectivity index (χ2n) is 8.13. The number of fused-ring (bicyclic) bond motifs is 1. The fourth-order valence-electron chi connectivity index (χ4n) is 4.41. The van der Waals surface area contributed by atoms with Crippen LogP contribution in [0.15, 0.2) is 41.8 Å². The molecule has 3 aromatic rings. The Kier molecular flexibility index (Phi) is 6.16. The number of amides is 1. The van der Waals surface area contributed by atoms with E-state index >= 15 is 0 Å². The molecule has 1 aliphatic rings. The normalized spacial score (nSPS) is 18.7. The van der Waals surface area contributed by atoms with Gasteiger partial charge in [0.2, 0.25) is 5.91 Å². The number of rotatable bonds is 6. The fraction of sp³-hybridized carbons (Fsp3) is 0.417. The van der Waals surface area contributed by atoms with Gasteiger partial charge in [-0.3, -0.25) is 4.79 Å². The van der Waals surface area contributed by atoms with Gasteiger partial charge in [-0.1, -0.05) is 44.5 Å². The Labute approximate surface area is 180 Å². The highest BCUT2D eigenvalue weighted by Gasteiger charge is 2.36. The molecule has 1 fully saturated rings. The van der Waals surface area contributed by atoms with Crippen LogP contribution in [0, 0.1) is 17.7 Å². The molecular formula is C24H28FN3OS. The van der Waals surface area contributed by atoms with Gasteiger partial charge in [0.1, 0.15) is 10.8 Å². The van der Waals surface area contributed by atoms with E-state index in [0.29, 0.717) is 11.9 Å². The first-order valence-electron chi connectivity index (χ1n) is 10.7. The second kappa shape index (κ2) is 8.82. The molecule has 30 heavy (non-hydrogen) atoms. The lowest BCUT2D eigenvalue weighted by molar-refractivity contribution is -0.137. The van der Waals surface area contributed by atoms with Crippen LogP contribution in [0.5, 0.6) is 0 Å². The van der Waals surface area contributed by atoms with Gasteiger partial charge in [0.25, 0.3) is 0 Å². The molecule has 1 saturated heterocycles. The molecule has 0 spiro atoms. The molecule has 1 aliphatic heterocycles. The predicted molar refractivity (Wildman–Crippen MR) is 121 cm³/mol. The van der Waals surface area contributed by atoms with Crippen LogP contribution in [0.1, 0.15) is 44.2 Å². The van der Waals surface area contributed by atoms with E-state index in [9.17, 15) is 9.18 Å². The summed E-state index contributed by atoms with van der Waals surface area (Å²) in [6, 6.07) is 10.8. The molecule has 158 valence electrons.